The van der Waals surface area contributed by atoms with Crippen LogP contribution in [0.3, 0.4) is 0 Å². The quantitative estimate of drug-likeness (QED) is 0.309. The Bertz CT molecular complexity index is 1190. The molecule has 0 atom stereocenters. The smallest absolute Gasteiger partial charge is 0.160 e. The lowest BCUT2D eigenvalue weighted by Crippen LogP contribution is -2.17. The largest absolute Gasteiger partial charge is 0.452 e. The molecule has 3 nitrogen and oxygen atoms in total. The number of aromatic nitrogens is 1. The first-order chi connectivity index (χ1) is 14.5. The molecular weight excluding hydrogens is 368 g/mol. The zero-order valence-electron chi connectivity index (χ0n) is 17.5. The maximum absolute atomic E-state index is 6.41. The van der Waals surface area contributed by atoms with Crippen LogP contribution in [0.15, 0.2) is 91.1 Å². The predicted octanol–water partition coefficient (Wildman–Crippen LogP) is 7.62. The zero-order chi connectivity index (χ0) is 20.7. The van der Waals surface area contributed by atoms with Gasteiger partial charge >= 0.3 is 0 Å². The van der Waals surface area contributed by atoms with Gasteiger partial charge in [-0.2, -0.15) is 0 Å². The molecule has 0 aliphatic carbocycles. The van der Waals surface area contributed by atoms with Gasteiger partial charge in [0, 0.05) is 17.4 Å². The topological polar surface area (TPSA) is 25.4 Å². The fourth-order valence-electron chi connectivity index (χ4n) is 3.89. The summed E-state index contributed by atoms with van der Waals surface area (Å²) in [6.07, 6.45) is 1.81. The summed E-state index contributed by atoms with van der Waals surface area (Å²) in [7, 11) is 0. The molecule has 1 aliphatic heterocycles. The van der Waals surface area contributed by atoms with Gasteiger partial charge in [-0.05, 0) is 59.5 Å². The van der Waals surface area contributed by atoms with Crippen LogP contribution in [0, 0.1) is 0 Å². The highest BCUT2D eigenvalue weighted by Crippen LogP contribution is 2.53. The molecule has 0 radical (unpaired) electrons. The lowest BCUT2D eigenvalue weighted by Gasteiger charge is -2.34. The van der Waals surface area contributed by atoms with E-state index in [1.807, 2.05) is 42.6 Å². The molecule has 0 saturated carbocycles. The van der Waals surface area contributed by atoms with Crippen LogP contribution in [-0.4, -0.2) is 4.98 Å². The Balaban J connectivity index is 1.70. The molecule has 1 aromatic heterocycles. The van der Waals surface area contributed by atoms with Crippen molar-refractivity contribution >= 4 is 17.1 Å². The fourth-order valence-corrected chi connectivity index (χ4v) is 3.89. The van der Waals surface area contributed by atoms with Crippen LogP contribution in [-0.2, 0) is 5.41 Å². The van der Waals surface area contributed by atoms with Gasteiger partial charge in [0.2, 0.25) is 0 Å². The van der Waals surface area contributed by atoms with E-state index in [1.54, 1.807) is 0 Å². The Hall–Kier alpha value is -3.59. The summed E-state index contributed by atoms with van der Waals surface area (Å²) in [4.78, 5) is 6.82. The van der Waals surface area contributed by atoms with Gasteiger partial charge in [-0.15, -0.1) is 0 Å². The molecule has 148 valence electrons. The number of anilines is 3. The summed E-state index contributed by atoms with van der Waals surface area (Å²) >= 11 is 0. The van der Waals surface area contributed by atoms with Crippen LogP contribution in [0.25, 0.3) is 11.3 Å². The Labute approximate surface area is 177 Å². The number of nitrogens with zero attached hydrogens (tertiary/aromatic N) is 2. The Morgan fingerprint density at radius 1 is 0.733 bits per heavy atom. The molecule has 0 fully saturated rings. The van der Waals surface area contributed by atoms with Crippen molar-refractivity contribution in [2.45, 2.75) is 26.2 Å². The zero-order valence-corrected chi connectivity index (χ0v) is 17.5. The normalized spacial score (nSPS) is 12.7. The van der Waals surface area contributed by atoms with E-state index >= 15 is 0 Å². The first-order valence-corrected chi connectivity index (χ1v) is 10.2. The van der Waals surface area contributed by atoms with Crippen molar-refractivity contribution in [2.24, 2.45) is 0 Å². The van der Waals surface area contributed by atoms with E-state index in [9.17, 15) is 0 Å². The van der Waals surface area contributed by atoms with Gasteiger partial charge in [0.15, 0.2) is 11.5 Å². The summed E-state index contributed by atoms with van der Waals surface area (Å²) in [5.74, 6) is 1.67. The number of benzene rings is 3. The summed E-state index contributed by atoms with van der Waals surface area (Å²) in [6, 6.07) is 29.2. The third-order valence-corrected chi connectivity index (χ3v) is 5.49. The first-order valence-electron chi connectivity index (χ1n) is 10.2. The van der Waals surface area contributed by atoms with Crippen molar-refractivity contribution in [2.75, 3.05) is 4.90 Å². The van der Waals surface area contributed by atoms with Crippen molar-refractivity contribution in [3.63, 3.8) is 0 Å². The molecule has 0 unspecified atom stereocenters. The first kappa shape index (κ1) is 18.4. The molecule has 1 aliphatic rings. The number of para-hydroxylation sites is 3. The molecule has 0 N–H and O–H groups in total. The Kier molecular flexibility index (Phi) is 4.32. The van der Waals surface area contributed by atoms with Gasteiger partial charge in [-0.1, -0.05) is 57.2 Å². The highest BCUT2D eigenvalue weighted by Gasteiger charge is 2.28. The second kappa shape index (κ2) is 7.03. The number of pyridine rings is 1. The lowest BCUT2D eigenvalue weighted by atomic mass is 9.87. The summed E-state index contributed by atoms with van der Waals surface area (Å²) in [5.41, 5.74) is 6.47. The number of rotatable bonds is 2. The fraction of sp³-hybridized carbons (Fsp3) is 0.148. The van der Waals surface area contributed by atoms with Crippen molar-refractivity contribution in [1.29, 1.82) is 0 Å². The van der Waals surface area contributed by atoms with Crippen molar-refractivity contribution < 1.29 is 4.74 Å². The average molecular weight is 393 g/mol. The minimum Gasteiger partial charge on any atom is -0.452 e. The standard InChI is InChI=1S/C27H24N2O/c1-27(2,3)19-14-16-20(17-15-19)29-23-11-4-5-13-25(23)30-26-21(9-8-12-24(26)29)22-10-6-7-18-28-22/h4-18H,1-3H3. The SMILES string of the molecule is CC(C)(C)c1ccc(N2c3ccccc3Oc3c(-c4ccccn4)cccc32)cc1. The number of ether oxygens (including phenoxy) is 1. The third-order valence-electron chi connectivity index (χ3n) is 5.49. The second-order valence-electron chi connectivity index (χ2n) is 8.57. The monoisotopic (exact) mass is 392 g/mol. The van der Waals surface area contributed by atoms with Crippen LogP contribution >= 0.6 is 0 Å². The Morgan fingerprint density at radius 2 is 1.47 bits per heavy atom. The van der Waals surface area contributed by atoms with Crippen molar-refractivity contribution in [3.05, 3.63) is 96.7 Å². The predicted molar refractivity (Wildman–Crippen MR) is 123 cm³/mol. The van der Waals surface area contributed by atoms with Crippen LogP contribution in [0.5, 0.6) is 11.5 Å². The molecule has 4 aromatic rings. The van der Waals surface area contributed by atoms with Gasteiger partial charge in [0.1, 0.15) is 0 Å². The van der Waals surface area contributed by atoms with E-state index in [0.29, 0.717) is 0 Å². The molecule has 0 saturated heterocycles. The Morgan fingerprint density at radius 3 is 2.20 bits per heavy atom. The molecule has 0 bridgehead atoms. The highest BCUT2D eigenvalue weighted by atomic mass is 16.5. The molecule has 30 heavy (non-hydrogen) atoms. The van der Waals surface area contributed by atoms with Gasteiger partial charge in [-0.3, -0.25) is 4.98 Å². The molecule has 3 heteroatoms. The number of hydrogen-bond donors (Lipinski definition) is 0. The van der Waals surface area contributed by atoms with Crippen molar-refractivity contribution in [3.8, 4) is 22.8 Å². The number of hydrogen-bond acceptors (Lipinski definition) is 3. The van der Waals surface area contributed by atoms with E-state index in [2.05, 4.69) is 79.2 Å². The van der Waals surface area contributed by atoms with Crippen LogP contribution in [0.4, 0.5) is 17.1 Å². The second-order valence-corrected chi connectivity index (χ2v) is 8.57. The molecule has 0 spiro atoms. The minimum atomic E-state index is 0.117. The maximum Gasteiger partial charge on any atom is 0.160 e. The summed E-state index contributed by atoms with van der Waals surface area (Å²) in [6.45, 7) is 6.71. The maximum atomic E-state index is 6.41. The molecule has 5 rings (SSSR count). The molecule has 3 aromatic carbocycles. The summed E-state index contributed by atoms with van der Waals surface area (Å²) < 4.78 is 6.41. The molecule has 0 amide bonds. The van der Waals surface area contributed by atoms with Gasteiger partial charge < -0.3 is 9.64 Å². The van der Waals surface area contributed by atoms with E-state index in [4.69, 9.17) is 4.74 Å². The summed E-state index contributed by atoms with van der Waals surface area (Å²) in [5, 5.41) is 0. The van der Waals surface area contributed by atoms with E-state index in [1.165, 1.54) is 5.56 Å². The number of fused-ring (bicyclic) bond motifs is 2. The van der Waals surface area contributed by atoms with Crippen molar-refractivity contribution in [1.82, 2.24) is 4.98 Å². The lowest BCUT2D eigenvalue weighted by molar-refractivity contribution is 0.478. The van der Waals surface area contributed by atoms with E-state index in [0.717, 1.165) is 39.8 Å². The average Bonchev–Trinajstić information content (AvgIpc) is 2.77. The highest BCUT2D eigenvalue weighted by molar-refractivity contribution is 5.90. The van der Waals surface area contributed by atoms with E-state index < -0.39 is 0 Å². The van der Waals surface area contributed by atoms with Crippen LogP contribution in [0.2, 0.25) is 0 Å². The van der Waals surface area contributed by atoms with E-state index in [-0.39, 0.29) is 5.41 Å². The molecular formula is C27H24N2O. The van der Waals surface area contributed by atoms with Gasteiger partial charge in [0.05, 0.1) is 17.1 Å². The van der Waals surface area contributed by atoms with Crippen LogP contribution in [0.1, 0.15) is 26.3 Å². The minimum absolute atomic E-state index is 0.117. The third kappa shape index (κ3) is 3.13. The van der Waals surface area contributed by atoms with Crippen LogP contribution < -0.4 is 9.64 Å². The van der Waals surface area contributed by atoms with Gasteiger partial charge in [-0.25, -0.2) is 0 Å². The molecule has 2 heterocycles. The van der Waals surface area contributed by atoms with Gasteiger partial charge in [0.25, 0.3) is 0 Å².